The van der Waals surface area contributed by atoms with Crippen LogP contribution in [0, 0.1) is 5.92 Å². The fourth-order valence-electron chi connectivity index (χ4n) is 1.51. The molecule has 0 amide bonds. The second-order valence-corrected chi connectivity index (χ2v) is 5.07. The van der Waals surface area contributed by atoms with Crippen molar-refractivity contribution in [1.29, 1.82) is 0 Å². The van der Waals surface area contributed by atoms with E-state index in [2.05, 4.69) is 19.2 Å². The summed E-state index contributed by atoms with van der Waals surface area (Å²) in [6.07, 6.45) is 1.74. The van der Waals surface area contributed by atoms with Crippen molar-refractivity contribution in [3.05, 3.63) is 40.4 Å². The summed E-state index contributed by atoms with van der Waals surface area (Å²) in [7, 11) is 0. The molecule has 4 heteroatoms. The van der Waals surface area contributed by atoms with Crippen LogP contribution in [0.2, 0.25) is 5.02 Å². The van der Waals surface area contributed by atoms with Crippen LogP contribution >= 0.6 is 23.2 Å². The normalized spacial score (nSPS) is 11.4. The van der Waals surface area contributed by atoms with Crippen LogP contribution in [-0.2, 0) is 6.54 Å². The van der Waals surface area contributed by atoms with Gasteiger partial charge in [-0.15, -0.1) is 0 Å². The molecular weight excluding hydrogens is 269 g/mol. The summed E-state index contributed by atoms with van der Waals surface area (Å²) in [5.41, 5.74) is 2.43. The van der Waals surface area contributed by atoms with Crippen LogP contribution in [0.5, 0.6) is 5.75 Å². The second kappa shape index (κ2) is 8.41. The van der Waals surface area contributed by atoms with Gasteiger partial charge in [0.2, 0.25) is 0 Å². The molecule has 0 bridgehead atoms. The maximum atomic E-state index is 6.19. The lowest BCUT2D eigenvalue weighted by molar-refractivity contribution is 0.357. The van der Waals surface area contributed by atoms with Crippen LogP contribution in [0.1, 0.15) is 19.4 Å². The number of halogens is 2. The molecule has 0 aliphatic rings. The molecule has 0 saturated heterocycles. The van der Waals surface area contributed by atoms with Gasteiger partial charge in [-0.2, -0.15) is 0 Å². The van der Waals surface area contributed by atoms with Crippen LogP contribution in [0.4, 0.5) is 0 Å². The number of ether oxygens (including phenoxy) is 1. The minimum Gasteiger partial charge on any atom is -0.489 e. The third-order valence-electron chi connectivity index (χ3n) is 2.35. The summed E-state index contributed by atoms with van der Waals surface area (Å²) in [4.78, 5) is 0. The molecule has 0 unspecified atom stereocenters. The molecule has 0 heterocycles. The smallest absolute Gasteiger partial charge is 0.125 e. The minimum atomic E-state index is 0.445. The Kier molecular flexibility index (Phi) is 7.18. The van der Waals surface area contributed by atoms with Gasteiger partial charge in [0.05, 0.1) is 0 Å². The Morgan fingerprint density at radius 3 is 2.83 bits per heavy atom. The highest BCUT2D eigenvalue weighted by Gasteiger charge is 2.07. The van der Waals surface area contributed by atoms with E-state index in [4.69, 9.17) is 27.9 Å². The van der Waals surface area contributed by atoms with Crippen molar-refractivity contribution in [3.8, 4) is 5.75 Å². The quantitative estimate of drug-likeness (QED) is 0.811. The van der Waals surface area contributed by atoms with E-state index in [1.54, 1.807) is 6.08 Å². The summed E-state index contributed by atoms with van der Waals surface area (Å²) < 4.78 is 5.62. The van der Waals surface area contributed by atoms with Crippen molar-refractivity contribution in [2.24, 2.45) is 5.92 Å². The first-order valence-corrected chi connectivity index (χ1v) is 6.82. The van der Waals surface area contributed by atoms with Gasteiger partial charge < -0.3 is 10.1 Å². The van der Waals surface area contributed by atoms with Crippen molar-refractivity contribution in [3.63, 3.8) is 0 Å². The number of hydrogen-bond acceptors (Lipinski definition) is 2. The summed E-state index contributed by atoms with van der Waals surface area (Å²) in [6.45, 7) is 6.44. The lowest BCUT2D eigenvalue weighted by atomic mass is 10.1. The first kappa shape index (κ1) is 15.4. The molecule has 1 rings (SSSR count). The highest BCUT2D eigenvalue weighted by Crippen LogP contribution is 2.26. The van der Waals surface area contributed by atoms with E-state index in [0.29, 0.717) is 19.1 Å². The van der Waals surface area contributed by atoms with Crippen LogP contribution in [0.3, 0.4) is 0 Å². The average Bonchev–Trinajstić information content (AvgIpc) is 2.32. The first-order valence-electron chi connectivity index (χ1n) is 6.01. The Balaban J connectivity index is 2.67. The van der Waals surface area contributed by atoms with Gasteiger partial charge in [0.1, 0.15) is 12.4 Å². The summed E-state index contributed by atoms with van der Waals surface area (Å²) in [6, 6.07) is 5.67. The third-order valence-corrected chi connectivity index (χ3v) is 2.89. The predicted octanol–water partition coefficient (Wildman–Crippen LogP) is 4.22. The molecule has 0 aliphatic heterocycles. The Morgan fingerprint density at radius 1 is 1.39 bits per heavy atom. The van der Waals surface area contributed by atoms with E-state index in [1.807, 2.05) is 18.2 Å². The molecular formula is C14H19Cl2NO. The predicted molar refractivity (Wildman–Crippen MR) is 78.5 cm³/mol. The highest BCUT2D eigenvalue weighted by molar-refractivity contribution is 6.31. The summed E-state index contributed by atoms with van der Waals surface area (Å²) >= 11 is 11.7. The maximum absolute atomic E-state index is 6.19. The van der Waals surface area contributed by atoms with Crippen LogP contribution in [-0.4, -0.2) is 13.2 Å². The topological polar surface area (TPSA) is 21.3 Å². The van der Waals surface area contributed by atoms with Crippen LogP contribution in [0.25, 0.3) is 0 Å². The third kappa shape index (κ3) is 5.30. The van der Waals surface area contributed by atoms with E-state index >= 15 is 0 Å². The zero-order chi connectivity index (χ0) is 13.4. The van der Waals surface area contributed by atoms with Crippen LogP contribution < -0.4 is 10.1 Å². The van der Waals surface area contributed by atoms with Gasteiger partial charge in [-0.05, 0) is 30.7 Å². The SMILES string of the molecule is CC(C)CNCc1c(Cl)cccc1OC/C=C/Cl. The number of benzene rings is 1. The zero-order valence-corrected chi connectivity index (χ0v) is 12.3. The molecule has 0 saturated carbocycles. The zero-order valence-electron chi connectivity index (χ0n) is 10.7. The monoisotopic (exact) mass is 287 g/mol. The largest absolute Gasteiger partial charge is 0.489 e. The molecule has 0 spiro atoms. The molecule has 0 atom stereocenters. The Hall–Kier alpha value is -0.700. The fraction of sp³-hybridized carbons (Fsp3) is 0.429. The molecule has 1 aromatic carbocycles. The van der Waals surface area contributed by atoms with E-state index in [-0.39, 0.29) is 0 Å². The fourth-order valence-corrected chi connectivity index (χ4v) is 1.81. The van der Waals surface area contributed by atoms with Gasteiger partial charge in [-0.3, -0.25) is 0 Å². The molecule has 0 aliphatic carbocycles. The summed E-state index contributed by atoms with van der Waals surface area (Å²) in [5.74, 6) is 1.41. The Labute approximate surface area is 119 Å². The molecule has 1 aromatic rings. The molecule has 2 nitrogen and oxygen atoms in total. The van der Waals surface area contributed by atoms with Gasteiger partial charge in [0.25, 0.3) is 0 Å². The van der Waals surface area contributed by atoms with Crippen LogP contribution in [0.15, 0.2) is 29.8 Å². The van der Waals surface area contributed by atoms with E-state index in [1.165, 1.54) is 5.54 Å². The molecule has 0 fully saturated rings. The minimum absolute atomic E-state index is 0.445. The van der Waals surface area contributed by atoms with Gasteiger partial charge in [0.15, 0.2) is 0 Å². The van der Waals surface area contributed by atoms with E-state index in [0.717, 1.165) is 22.9 Å². The van der Waals surface area contributed by atoms with E-state index in [9.17, 15) is 0 Å². The van der Waals surface area contributed by atoms with E-state index < -0.39 is 0 Å². The Morgan fingerprint density at radius 2 is 2.17 bits per heavy atom. The first-order chi connectivity index (χ1) is 8.65. The van der Waals surface area contributed by atoms with Crippen molar-refractivity contribution in [2.75, 3.05) is 13.2 Å². The molecule has 1 N–H and O–H groups in total. The highest BCUT2D eigenvalue weighted by atomic mass is 35.5. The molecule has 0 radical (unpaired) electrons. The number of nitrogens with one attached hydrogen (secondary N) is 1. The van der Waals surface area contributed by atoms with Gasteiger partial charge >= 0.3 is 0 Å². The van der Waals surface area contributed by atoms with Crippen molar-refractivity contribution >= 4 is 23.2 Å². The molecule has 100 valence electrons. The molecule has 18 heavy (non-hydrogen) atoms. The lowest BCUT2D eigenvalue weighted by Gasteiger charge is -2.13. The molecule has 0 aromatic heterocycles. The van der Waals surface area contributed by atoms with Crippen molar-refractivity contribution in [2.45, 2.75) is 20.4 Å². The lowest BCUT2D eigenvalue weighted by Crippen LogP contribution is -2.19. The second-order valence-electron chi connectivity index (χ2n) is 4.41. The number of rotatable bonds is 7. The maximum Gasteiger partial charge on any atom is 0.125 e. The standard InChI is InChI=1S/C14H19Cl2NO/c1-11(2)9-17-10-12-13(16)5-3-6-14(12)18-8-4-7-15/h3-7,11,17H,8-10H2,1-2H3/b7-4+. The number of hydrogen-bond donors (Lipinski definition) is 1. The van der Waals surface area contributed by atoms with Gasteiger partial charge in [-0.25, -0.2) is 0 Å². The van der Waals surface area contributed by atoms with Gasteiger partial charge in [0, 0.05) is 22.7 Å². The summed E-state index contributed by atoms with van der Waals surface area (Å²) in [5, 5.41) is 4.09. The van der Waals surface area contributed by atoms with Crippen molar-refractivity contribution in [1.82, 2.24) is 5.32 Å². The van der Waals surface area contributed by atoms with Gasteiger partial charge in [-0.1, -0.05) is 43.1 Å². The average molecular weight is 288 g/mol. The Bertz CT molecular complexity index is 391. The van der Waals surface area contributed by atoms with Crippen molar-refractivity contribution < 1.29 is 4.74 Å².